The molecule has 2 rings (SSSR count). The average Bonchev–Trinajstić information content (AvgIpc) is 3.01. The SMILES string of the molecule is COc1ccc(C(=O)C(C(C)=O)C(C)C2C=CC=C2)cc1. The first kappa shape index (κ1) is 15.2. The number of ketones is 2. The number of allylic oxidation sites excluding steroid dienone is 4. The van der Waals surface area contributed by atoms with Crippen molar-refractivity contribution in [2.75, 3.05) is 7.11 Å². The van der Waals surface area contributed by atoms with Crippen molar-refractivity contribution in [3.05, 3.63) is 54.1 Å². The molecular formula is C18H20O3. The van der Waals surface area contributed by atoms with Crippen molar-refractivity contribution in [1.29, 1.82) is 0 Å². The van der Waals surface area contributed by atoms with E-state index < -0.39 is 5.92 Å². The highest BCUT2D eigenvalue weighted by molar-refractivity contribution is 6.10. The molecule has 1 aliphatic carbocycles. The van der Waals surface area contributed by atoms with Gasteiger partial charge < -0.3 is 4.74 Å². The Morgan fingerprint density at radius 1 is 1.10 bits per heavy atom. The minimum atomic E-state index is -0.615. The van der Waals surface area contributed by atoms with E-state index >= 15 is 0 Å². The highest BCUT2D eigenvalue weighted by atomic mass is 16.5. The lowest BCUT2D eigenvalue weighted by atomic mass is 9.77. The summed E-state index contributed by atoms with van der Waals surface area (Å²) in [4.78, 5) is 24.7. The fourth-order valence-corrected chi connectivity index (χ4v) is 2.75. The average molecular weight is 284 g/mol. The predicted molar refractivity (Wildman–Crippen MR) is 82.4 cm³/mol. The van der Waals surface area contributed by atoms with Gasteiger partial charge in [-0.3, -0.25) is 9.59 Å². The zero-order chi connectivity index (χ0) is 15.4. The van der Waals surface area contributed by atoms with E-state index in [9.17, 15) is 9.59 Å². The second kappa shape index (κ2) is 6.53. The van der Waals surface area contributed by atoms with Gasteiger partial charge in [0.1, 0.15) is 11.5 Å². The summed E-state index contributed by atoms with van der Waals surface area (Å²) in [6.07, 6.45) is 7.97. The van der Waals surface area contributed by atoms with E-state index in [-0.39, 0.29) is 23.4 Å². The van der Waals surface area contributed by atoms with Gasteiger partial charge in [0.05, 0.1) is 13.0 Å². The van der Waals surface area contributed by atoms with Crippen LogP contribution in [0.1, 0.15) is 24.2 Å². The summed E-state index contributed by atoms with van der Waals surface area (Å²) in [5.74, 6) is -0.0343. The van der Waals surface area contributed by atoms with Crippen LogP contribution in [0.25, 0.3) is 0 Å². The maximum atomic E-state index is 12.7. The largest absolute Gasteiger partial charge is 0.497 e. The van der Waals surface area contributed by atoms with Crippen LogP contribution in [0.4, 0.5) is 0 Å². The standard InChI is InChI=1S/C18H20O3/c1-12(14-6-4-5-7-14)17(13(2)19)18(20)15-8-10-16(21-3)11-9-15/h4-12,14,17H,1-3H3. The summed E-state index contributed by atoms with van der Waals surface area (Å²) < 4.78 is 5.09. The molecule has 0 saturated heterocycles. The van der Waals surface area contributed by atoms with Gasteiger partial charge >= 0.3 is 0 Å². The van der Waals surface area contributed by atoms with Crippen LogP contribution in [-0.4, -0.2) is 18.7 Å². The van der Waals surface area contributed by atoms with Crippen molar-refractivity contribution in [1.82, 2.24) is 0 Å². The molecule has 110 valence electrons. The second-order valence-electron chi connectivity index (χ2n) is 5.39. The van der Waals surface area contributed by atoms with Gasteiger partial charge in [0, 0.05) is 5.56 Å². The Hall–Kier alpha value is -2.16. The van der Waals surface area contributed by atoms with Crippen LogP contribution in [0.5, 0.6) is 5.75 Å². The predicted octanol–water partition coefficient (Wildman–Crippen LogP) is 3.46. The van der Waals surface area contributed by atoms with E-state index in [1.54, 1.807) is 31.4 Å². The minimum Gasteiger partial charge on any atom is -0.497 e. The fraction of sp³-hybridized carbons (Fsp3) is 0.333. The van der Waals surface area contributed by atoms with E-state index in [4.69, 9.17) is 4.74 Å². The minimum absolute atomic E-state index is 0.0490. The zero-order valence-corrected chi connectivity index (χ0v) is 12.6. The Balaban J connectivity index is 2.24. The van der Waals surface area contributed by atoms with Crippen LogP contribution in [0, 0.1) is 17.8 Å². The van der Waals surface area contributed by atoms with Crippen LogP contribution < -0.4 is 4.74 Å². The number of methoxy groups -OCH3 is 1. The topological polar surface area (TPSA) is 43.4 Å². The third-order valence-corrected chi connectivity index (χ3v) is 4.01. The first-order valence-electron chi connectivity index (χ1n) is 7.08. The Labute approximate surface area is 125 Å². The van der Waals surface area contributed by atoms with Gasteiger partial charge in [-0.1, -0.05) is 31.2 Å². The number of carbonyl (C=O) groups is 2. The fourth-order valence-electron chi connectivity index (χ4n) is 2.75. The number of ether oxygens (including phenoxy) is 1. The Bertz CT molecular complexity index is 569. The van der Waals surface area contributed by atoms with Crippen LogP contribution in [0.3, 0.4) is 0 Å². The first-order chi connectivity index (χ1) is 10.0. The molecule has 21 heavy (non-hydrogen) atoms. The van der Waals surface area contributed by atoms with Crippen LogP contribution >= 0.6 is 0 Å². The van der Waals surface area contributed by atoms with E-state index in [2.05, 4.69) is 0 Å². The first-order valence-corrected chi connectivity index (χ1v) is 7.08. The molecule has 2 atom stereocenters. The summed E-state index contributed by atoms with van der Waals surface area (Å²) in [5, 5.41) is 0. The van der Waals surface area contributed by atoms with Crippen LogP contribution in [-0.2, 0) is 4.79 Å². The smallest absolute Gasteiger partial charge is 0.173 e. The third kappa shape index (κ3) is 3.30. The molecule has 0 heterocycles. The molecule has 1 aliphatic rings. The number of hydrogen-bond acceptors (Lipinski definition) is 3. The molecule has 0 amide bonds. The van der Waals surface area contributed by atoms with E-state index in [0.717, 1.165) is 0 Å². The molecule has 3 nitrogen and oxygen atoms in total. The molecule has 0 spiro atoms. The molecule has 0 bridgehead atoms. The lowest BCUT2D eigenvalue weighted by molar-refractivity contribution is -0.120. The number of benzene rings is 1. The summed E-state index contributed by atoms with van der Waals surface area (Å²) in [6, 6.07) is 6.91. The normalized spacial score (nSPS) is 16.7. The highest BCUT2D eigenvalue weighted by Crippen LogP contribution is 2.29. The van der Waals surface area contributed by atoms with Crippen molar-refractivity contribution in [2.45, 2.75) is 13.8 Å². The van der Waals surface area contributed by atoms with Crippen molar-refractivity contribution in [3.8, 4) is 5.75 Å². The summed E-state index contributed by atoms with van der Waals surface area (Å²) in [5.41, 5.74) is 0.550. The van der Waals surface area contributed by atoms with Gasteiger partial charge in [0.2, 0.25) is 0 Å². The van der Waals surface area contributed by atoms with Gasteiger partial charge in [-0.25, -0.2) is 0 Å². The lowest BCUT2D eigenvalue weighted by Crippen LogP contribution is -2.31. The number of rotatable bonds is 6. The van der Waals surface area contributed by atoms with Crippen molar-refractivity contribution >= 4 is 11.6 Å². The quantitative estimate of drug-likeness (QED) is 0.593. The maximum Gasteiger partial charge on any atom is 0.173 e. The zero-order valence-electron chi connectivity index (χ0n) is 12.6. The Kier molecular flexibility index (Phi) is 4.73. The van der Waals surface area contributed by atoms with E-state index in [0.29, 0.717) is 11.3 Å². The molecule has 1 aromatic carbocycles. The Morgan fingerprint density at radius 3 is 2.14 bits per heavy atom. The second-order valence-corrected chi connectivity index (χ2v) is 5.39. The van der Waals surface area contributed by atoms with Crippen LogP contribution in [0.2, 0.25) is 0 Å². The van der Waals surface area contributed by atoms with Crippen LogP contribution in [0.15, 0.2) is 48.6 Å². The highest BCUT2D eigenvalue weighted by Gasteiger charge is 2.33. The monoisotopic (exact) mass is 284 g/mol. The third-order valence-electron chi connectivity index (χ3n) is 4.01. The van der Waals surface area contributed by atoms with E-state index in [1.807, 2.05) is 31.2 Å². The lowest BCUT2D eigenvalue weighted by Gasteiger charge is -2.24. The molecule has 2 unspecified atom stereocenters. The van der Waals surface area contributed by atoms with E-state index in [1.165, 1.54) is 6.92 Å². The molecule has 0 aromatic heterocycles. The van der Waals surface area contributed by atoms with Crippen molar-refractivity contribution < 1.29 is 14.3 Å². The van der Waals surface area contributed by atoms with Gasteiger partial charge in [-0.15, -0.1) is 0 Å². The Morgan fingerprint density at radius 2 is 1.67 bits per heavy atom. The van der Waals surface area contributed by atoms with Gasteiger partial charge in [-0.2, -0.15) is 0 Å². The molecule has 3 heteroatoms. The summed E-state index contributed by atoms with van der Waals surface area (Å²) in [7, 11) is 1.58. The number of hydrogen-bond donors (Lipinski definition) is 0. The van der Waals surface area contributed by atoms with Crippen molar-refractivity contribution in [3.63, 3.8) is 0 Å². The van der Waals surface area contributed by atoms with Gasteiger partial charge in [-0.05, 0) is 43.0 Å². The number of Topliss-reactive ketones (excluding diaryl/α,β-unsaturated/α-hetero) is 2. The molecule has 0 saturated carbocycles. The molecule has 0 aliphatic heterocycles. The molecular weight excluding hydrogens is 264 g/mol. The van der Waals surface area contributed by atoms with Gasteiger partial charge in [0.25, 0.3) is 0 Å². The van der Waals surface area contributed by atoms with Crippen molar-refractivity contribution in [2.24, 2.45) is 17.8 Å². The summed E-state index contributed by atoms with van der Waals surface area (Å²) >= 11 is 0. The molecule has 0 radical (unpaired) electrons. The maximum absolute atomic E-state index is 12.7. The number of carbonyl (C=O) groups excluding carboxylic acids is 2. The van der Waals surface area contributed by atoms with Gasteiger partial charge in [0.15, 0.2) is 5.78 Å². The molecule has 0 fully saturated rings. The molecule has 1 aromatic rings. The summed E-state index contributed by atoms with van der Waals surface area (Å²) in [6.45, 7) is 3.45. The molecule has 0 N–H and O–H groups in total.